The molecule has 0 saturated carbocycles. The van der Waals surface area contributed by atoms with Gasteiger partial charge in [0, 0.05) is 0 Å². The summed E-state index contributed by atoms with van der Waals surface area (Å²) in [6, 6.07) is 0. The van der Waals surface area contributed by atoms with E-state index in [-0.39, 0.29) is 0 Å². The first kappa shape index (κ1) is 6.17. The van der Waals surface area contributed by atoms with Gasteiger partial charge in [-0.05, 0) is 0 Å². The first-order valence-electron chi connectivity index (χ1n) is 0.642. The van der Waals surface area contributed by atoms with E-state index in [0.29, 0.717) is 0 Å². The van der Waals surface area contributed by atoms with Crippen molar-refractivity contribution in [3.8, 4) is 0 Å². The minimum absolute atomic E-state index is 4.40. The van der Waals surface area contributed by atoms with Crippen LogP contribution in [-0.4, -0.2) is 0 Å². The zero-order chi connectivity index (χ0) is 4.50. The van der Waals surface area contributed by atoms with Crippen molar-refractivity contribution in [2.75, 3.05) is 0 Å². The van der Waals surface area contributed by atoms with Crippen molar-refractivity contribution in [2.24, 2.45) is 0 Å². The Morgan fingerprint density at radius 1 is 1.20 bits per heavy atom. The van der Waals surface area contributed by atoms with Crippen molar-refractivity contribution in [1.82, 2.24) is 0 Å². The van der Waals surface area contributed by atoms with Crippen molar-refractivity contribution in [2.45, 2.75) is 0 Å². The molecule has 5 heteroatoms. The summed E-state index contributed by atoms with van der Waals surface area (Å²) in [5, 5.41) is 0. The molecular formula is Cl2O2Pu. The third-order valence-corrected chi connectivity index (χ3v) is 0. The van der Waals surface area contributed by atoms with Crippen LogP contribution in [0.15, 0.2) is 0 Å². The second-order valence-corrected chi connectivity index (χ2v) is 12.6. The average Bonchev–Trinajstić information content (AvgIpc) is 0.722. The minimum atomic E-state index is -4.81. The molecule has 0 heterocycles. The summed E-state index contributed by atoms with van der Waals surface area (Å²) in [6.07, 6.45) is 0. The molecule has 0 radical (unpaired) electrons. The van der Waals surface area contributed by atoms with E-state index in [0.717, 1.165) is 0 Å². The summed E-state index contributed by atoms with van der Waals surface area (Å²) in [5.41, 5.74) is 0. The summed E-state index contributed by atoms with van der Waals surface area (Å²) in [6.45, 7) is 0. The van der Waals surface area contributed by atoms with E-state index >= 15 is 0 Å². The second-order valence-electron chi connectivity index (χ2n) is 0.378. The predicted molar refractivity (Wildman–Crippen MR) is 13.1 cm³/mol. The van der Waals surface area contributed by atoms with E-state index in [1.165, 1.54) is 0 Å². The molecule has 0 amide bonds. The molecule has 2 nitrogen and oxygen atoms in total. The maximum absolute atomic E-state index is 9.30. The topological polar surface area (TPSA) is 34.1 Å². The Morgan fingerprint density at radius 3 is 1.20 bits per heavy atom. The quantitative estimate of drug-likeness (QED) is 0.659. The fourth-order valence-corrected chi connectivity index (χ4v) is 0. The van der Waals surface area contributed by atoms with Crippen molar-refractivity contribution in [3.05, 3.63) is 0 Å². The molecule has 5 heavy (non-hydrogen) atoms. The summed E-state index contributed by atoms with van der Waals surface area (Å²) < 4.78 is 18.6. The number of rotatable bonds is 0. The van der Waals surface area contributed by atoms with Gasteiger partial charge >= 0.3 is 41.1 Å². The molecule has 0 aromatic carbocycles. The van der Waals surface area contributed by atoms with Gasteiger partial charge in [0.05, 0.1) is 0 Å². The Morgan fingerprint density at radius 2 is 1.20 bits per heavy atom. The molecule has 0 fully saturated rings. The van der Waals surface area contributed by atoms with Crippen molar-refractivity contribution in [3.63, 3.8) is 0 Å². The maximum atomic E-state index is 9.30. The fraction of sp³-hybridized carbons (Fsp3) is 0. The van der Waals surface area contributed by atoms with Crippen LogP contribution in [0.25, 0.3) is 0 Å². The van der Waals surface area contributed by atoms with Crippen LogP contribution in [0.3, 0.4) is 0 Å². The van der Waals surface area contributed by atoms with Crippen LogP contribution in [0.2, 0.25) is 0 Å². The molecule has 0 spiro atoms. The van der Waals surface area contributed by atoms with Gasteiger partial charge in [-0.2, -0.15) is 0 Å². The van der Waals surface area contributed by atoms with Crippen LogP contribution >= 0.6 is 16.0 Å². The monoisotopic (exact) mass is 340 g/mol. The molecule has 0 unspecified atom stereocenters. The van der Waals surface area contributed by atoms with Gasteiger partial charge in [0.25, 0.3) is 0 Å². The average molecular weight is 347 g/mol. The molecule has 0 bridgehead atoms. The molecule has 0 N–H and O–H groups in total. The van der Waals surface area contributed by atoms with Crippen LogP contribution in [0, 0.1) is 20.2 Å². The molecule has 0 atom stereocenters. The zero-order valence-electron chi connectivity index (χ0n) is 1.98. The first-order valence-corrected chi connectivity index (χ1v) is 11.7. The van der Waals surface area contributed by atoms with E-state index in [9.17, 15) is 4.93 Å². The van der Waals surface area contributed by atoms with Crippen LogP contribution in [0.4, 0.5) is 0 Å². The SMILES string of the molecule is [O]=[Pu](=[O])([Cl])[Cl]. The van der Waals surface area contributed by atoms with E-state index in [1.807, 2.05) is 0 Å². The molecule has 0 rings (SSSR count). The Labute approximate surface area is 40.9 Å². The van der Waals surface area contributed by atoms with Gasteiger partial charge in [0.1, 0.15) is 0 Å². The predicted octanol–water partition coefficient (Wildman–Crippen LogP) is 1.14. The fourth-order valence-electron chi connectivity index (χ4n) is 0. The number of hydrogen-bond acceptors (Lipinski definition) is 2. The Balaban J connectivity index is 4.06. The summed E-state index contributed by atoms with van der Waals surface area (Å²) in [4.78, 5) is 0. The zero-order valence-corrected chi connectivity index (χ0v) is 6.89. The van der Waals surface area contributed by atoms with E-state index < -0.39 is 20.2 Å². The van der Waals surface area contributed by atoms with Gasteiger partial charge in [0.15, 0.2) is 0 Å². The van der Waals surface area contributed by atoms with Gasteiger partial charge in [-0.1, -0.05) is 0 Å². The van der Waals surface area contributed by atoms with Gasteiger partial charge < -0.3 is 0 Å². The molecule has 32 valence electrons. The van der Waals surface area contributed by atoms with Gasteiger partial charge in [-0.3, -0.25) is 0 Å². The molecule has 0 aliphatic rings. The van der Waals surface area contributed by atoms with Gasteiger partial charge in [-0.25, -0.2) is 0 Å². The number of halogens is 2. The van der Waals surface area contributed by atoms with Crippen molar-refractivity contribution >= 4 is 16.0 Å². The van der Waals surface area contributed by atoms with Crippen LogP contribution in [-0.2, 0) is 4.93 Å². The molecule has 0 aromatic heterocycles. The molecule has 0 aliphatic carbocycles. The van der Waals surface area contributed by atoms with Crippen molar-refractivity contribution in [1.29, 1.82) is 0 Å². The Bertz CT molecular complexity index is 90.8. The summed E-state index contributed by atoms with van der Waals surface area (Å²) in [5.74, 6) is 0. The third-order valence-electron chi connectivity index (χ3n) is 0. The second kappa shape index (κ2) is 1.75. The number of hydrogen-bond donors (Lipinski definition) is 0. The standard InChI is InChI=1S/2ClH.2O.Pu/h2*1H;;;/q;;;;+2/p-2. The van der Waals surface area contributed by atoms with Crippen LogP contribution < -0.4 is 0 Å². The van der Waals surface area contributed by atoms with Gasteiger partial charge in [0.2, 0.25) is 0 Å². The summed E-state index contributed by atoms with van der Waals surface area (Å²) in [7, 11) is 8.81. The van der Waals surface area contributed by atoms with Crippen LogP contribution in [0.5, 0.6) is 0 Å². The molecular weight excluding hydrogens is 347 g/mol. The van der Waals surface area contributed by atoms with E-state index in [4.69, 9.17) is 0 Å². The van der Waals surface area contributed by atoms with E-state index in [2.05, 4.69) is 16.0 Å². The first-order chi connectivity index (χ1) is 2.00. The Kier molecular flexibility index (Phi) is 2.15. The van der Waals surface area contributed by atoms with Crippen LogP contribution in [0.1, 0.15) is 0 Å². The Hall–Kier alpha value is 1.17. The van der Waals surface area contributed by atoms with Gasteiger partial charge in [-0.15, -0.1) is 0 Å². The normalized spacial score (nSPS) is 11.6. The molecule has 0 aliphatic heterocycles. The third kappa shape index (κ3) is 38.1. The van der Waals surface area contributed by atoms with Crippen molar-refractivity contribution < 1.29 is 25.2 Å². The van der Waals surface area contributed by atoms with E-state index in [1.54, 1.807) is 0 Å². The molecule has 0 saturated heterocycles. The molecule has 0 aromatic rings. The summed E-state index contributed by atoms with van der Waals surface area (Å²) >= 11 is -4.81.